The number of methoxy groups -OCH3 is 1. The van der Waals surface area contributed by atoms with Crippen LogP contribution in [0, 0.1) is 13.8 Å². The zero-order valence-electron chi connectivity index (χ0n) is 18.4. The van der Waals surface area contributed by atoms with Gasteiger partial charge in [0.1, 0.15) is 0 Å². The molecular formula is C25H26N2O4S. The molecule has 0 bridgehead atoms. The molecule has 6 nitrogen and oxygen atoms in total. The van der Waals surface area contributed by atoms with E-state index in [2.05, 4.69) is 4.98 Å². The summed E-state index contributed by atoms with van der Waals surface area (Å²) >= 11 is 0. The molecule has 0 radical (unpaired) electrons. The third-order valence-electron chi connectivity index (χ3n) is 5.86. The van der Waals surface area contributed by atoms with E-state index in [0.717, 1.165) is 28.1 Å². The van der Waals surface area contributed by atoms with E-state index in [1.54, 1.807) is 24.3 Å². The van der Waals surface area contributed by atoms with E-state index in [-0.39, 0.29) is 11.3 Å². The van der Waals surface area contributed by atoms with Gasteiger partial charge < -0.3 is 4.74 Å². The lowest BCUT2D eigenvalue weighted by atomic mass is 9.98. The van der Waals surface area contributed by atoms with Crippen molar-refractivity contribution in [1.82, 2.24) is 9.29 Å². The highest BCUT2D eigenvalue weighted by Gasteiger charge is 2.46. The second kappa shape index (κ2) is 8.84. The second-order valence-corrected chi connectivity index (χ2v) is 9.91. The molecule has 2 heterocycles. The second-order valence-electron chi connectivity index (χ2n) is 8.06. The quantitative estimate of drug-likeness (QED) is 0.524. The van der Waals surface area contributed by atoms with Crippen LogP contribution in [-0.2, 0) is 26.0 Å². The molecule has 7 heteroatoms. The SMILES string of the molecule is COC(=O)C[C@H]1c2ccccc2[C@@H](Cc2cccc(C)n2)N1S(=O)(=O)c1ccc(C)cc1. The summed E-state index contributed by atoms with van der Waals surface area (Å²) < 4.78 is 34.2. The Morgan fingerprint density at radius 1 is 0.938 bits per heavy atom. The molecule has 1 aromatic heterocycles. The molecule has 32 heavy (non-hydrogen) atoms. The van der Waals surface area contributed by atoms with Gasteiger partial charge in [-0.3, -0.25) is 9.78 Å². The molecular weight excluding hydrogens is 424 g/mol. The summed E-state index contributed by atoms with van der Waals surface area (Å²) in [6, 6.07) is 19.0. The number of ether oxygens (including phenoxy) is 1. The van der Waals surface area contributed by atoms with Gasteiger partial charge in [0.05, 0.1) is 30.5 Å². The van der Waals surface area contributed by atoms with Crippen LogP contribution in [0.3, 0.4) is 0 Å². The summed E-state index contributed by atoms with van der Waals surface area (Å²) in [5.74, 6) is -0.455. The van der Waals surface area contributed by atoms with E-state index in [9.17, 15) is 13.2 Å². The molecule has 1 aliphatic heterocycles. The lowest BCUT2D eigenvalue weighted by Crippen LogP contribution is -2.35. The van der Waals surface area contributed by atoms with Crippen LogP contribution in [0.4, 0.5) is 0 Å². The van der Waals surface area contributed by atoms with Crippen LogP contribution < -0.4 is 0 Å². The molecule has 3 aromatic rings. The first-order chi connectivity index (χ1) is 15.3. The van der Waals surface area contributed by atoms with E-state index < -0.39 is 28.1 Å². The van der Waals surface area contributed by atoms with Gasteiger partial charge in [-0.25, -0.2) is 8.42 Å². The fourth-order valence-corrected chi connectivity index (χ4v) is 6.10. The minimum absolute atomic E-state index is 0.0592. The maximum Gasteiger partial charge on any atom is 0.307 e. The smallest absolute Gasteiger partial charge is 0.307 e. The number of esters is 1. The number of pyridine rings is 1. The summed E-state index contributed by atoms with van der Waals surface area (Å²) in [6.45, 7) is 3.82. The molecule has 0 saturated carbocycles. The molecule has 0 amide bonds. The molecule has 0 unspecified atom stereocenters. The monoisotopic (exact) mass is 450 g/mol. The molecule has 0 aliphatic carbocycles. The topological polar surface area (TPSA) is 76.6 Å². The maximum absolute atomic E-state index is 13.9. The van der Waals surface area contributed by atoms with Crippen LogP contribution in [0.1, 0.15) is 46.6 Å². The fraction of sp³-hybridized carbons (Fsp3) is 0.280. The van der Waals surface area contributed by atoms with Gasteiger partial charge in [-0.2, -0.15) is 4.31 Å². The van der Waals surface area contributed by atoms with Gasteiger partial charge in [0.15, 0.2) is 0 Å². The van der Waals surface area contributed by atoms with Gasteiger partial charge in [-0.15, -0.1) is 0 Å². The van der Waals surface area contributed by atoms with Crippen LogP contribution in [0.5, 0.6) is 0 Å². The van der Waals surface area contributed by atoms with Crippen molar-refractivity contribution in [2.45, 2.75) is 43.7 Å². The Morgan fingerprint density at radius 3 is 2.22 bits per heavy atom. The predicted molar refractivity (Wildman–Crippen MR) is 121 cm³/mol. The first kappa shape index (κ1) is 22.2. The van der Waals surface area contributed by atoms with Crippen LogP contribution in [-0.4, -0.2) is 30.8 Å². The minimum atomic E-state index is -3.91. The van der Waals surface area contributed by atoms with Crippen molar-refractivity contribution in [3.8, 4) is 0 Å². The average Bonchev–Trinajstić information content (AvgIpc) is 3.08. The number of aromatic nitrogens is 1. The highest BCUT2D eigenvalue weighted by Crippen LogP contribution is 2.48. The van der Waals surface area contributed by atoms with Gasteiger partial charge >= 0.3 is 5.97 Å². The number of nitrogens with zero attached hydrogens (tertiary/aromatic N) is 2. The van der Waals surface area contributed by atoms with Gasteiger partial charge in [-0.1, -0.05) is 48.0 Å². The van der Waals surface area contributed by atoms with E-state index in [4.69, 9.17) is 4.74 Å². The molecule has 4 rings (SSSR count). The van der Waals surface area contributed by atoms with Crippen LogP contribution in [0.2, 0.25) is 0 Å². The molecule has 2 atom stereocenters. The Labute approximate surface area is 188 Å². The van der Waals surface area contributed by atoms with Crippen molar-refractivity contribution in [3.05, 3.63) is 94.8 Å². The summed E-state index contributed by atoms with van der Waals surface area (Å²) in [5, 5.41) is 0. The van der Waals surface area contributed by atoms with E-state index in [1.165, 1.54) is 11.4 Å². The zero-order valence-corrected chi connectivity index (χ0v) is 19.2. The van der Waals surface area contributed by atoms with Crippen LogP contribution in [0.25, 0.3) is 0 Å². The van der Waals surface area contributed by atoms with Gasteiger partial charge in [0.25, 0.3) is 0 Å². The molecule has 0 N–H and O–H groups in total. The number of carbonyl (C=O) groups excluding carboxylic acids is 1. The lowest BCUT2D eigenvalue weighted by Gasteiger charge is -2.29. The largest absolute Gasteiger partial charge is 0.469 e. The number of carbonyl (C=O) groups is 1. The molecule has 0 fully saturated rings. The third kappa shape index (κ3) is 4.18. The highest BCUT2D eigenvalue weighted by molar-refractivity contribution is 7.89. The van der Waals surface area contributed by atoms with Crippen molar-refractivity contribution in [1.29, 1.82) is 0 Å². The first-order valence-electron chi connectivity index (χ1n) is 10.5. The number of hydrogen-bond acceptors (Lipinski definition) is 5. The minimum Gasteiger partial charge on any atom is -0.469 e. The van der Waals surface area contributed by atoms with Crippen LogP contribution in [0.15, 0.2) is 71.6 Å². The van der Waals surface area contributed by atoms with Crippen molar-refractivity contribution in [2.75, 3.05) is 7.11 Å². The number of rotatable bonds is 6. The number of sulfonamides is 1. The normalized spacial score (nSPS) is 18.3. The molecule has 0 saturated heterocycles. The predicted octanol–water partition coefficient (Wildman–Crippen LogP) is 4.29. The molecule has 0 spiro atoms. The van der Waals surface area contributed by atoms with Crippen LogP contribution >= 0.6 is 0 Å². The first-order valence-corrected chi connectivity index (χ1v) is 11.9. The molecule has 166 valence electrons. The van der Waals surface area contributed by atoms with Crippen molar-refractivity contribution >= 4 is 16.0 Å². The summed E-state index contributed by atoms with van der Waals surface area (Å²) in [5.41, 5.74) is 4.35. The number of fused-ring (bicyclic) bond motifs is 1. The van der Waals surface area contributed by atoms with E-state index in [0.29, 0.717) is 6.42 Å². The van der Waals surface area contributed by atoms with Gasteiger partial charge in [0.2, 0.25) is 10.0 Å². The summed E-state index contributed by atoms with van der Waals surface area (Å²) in [4.78, 5) is 17.1. The Bertz CT molecular complexity index is 1240. The van der Waals surface area contributed by atoms with E-state index in [1.807, 2.05) is 56.3 Å². The van der Waals surface area contributed by atoms with Gasteiger partial charge in [-0.05, 0) is 49.2 Å². The van der Waals surface area contributed by atoms with Crippen molar-refractivity contribution < 1.29 is 17.9 Å². The number of hydrogen-bond donors (Lipinski definition) is 0. The van der Waals surface area contributed by atoms with Crippen molar-refractivity contribution in [3.63, 3.8) is 0 Å². The average molecular weight is 451 g/mol. The Kier molecular flexibility index (Phi) is 6.13. The Morgan fingerprint density at radius 2 is 1.59 bits per heavy atom. The fourth-order valence-electron chi connectivity index (χ4n) is 4.33. The molecule has 1 aliphatic rings. The standard InChI is InChI=1S/C25H26N2O4S/c1-17-11-13-20(14-12-17)32(29,30)27-23(15-19-8-6-7-18(2)26-19)21-9-4-5-10-22(21)24(27)16-25(28)31-3/h4-14,23-24H,15-16H2,1-3H3/t23-,24+/m1/s1. The number of benzene rings is 2. The zero-order chi connectivity index (χ0) is 22.9. The Hall–Kier alpha value is -3.03. The summed E-state index contributed by atoms with van der Waals surface area (Å²) in [7, 11) is -2.59. The highest BCUT2D eigenvalue weighted by atomic mass is 32.2. The Balaban J connectivity index is 1.86. The van der Waals surface area contributed by atoms with Crippen molar-refractivity contribution in [2.24, 2.45) is 0 Å². The summed E-state index contributed by atoms with van der Waals surface area (Å²) in [6.07, 6.45) is 0.345. The van der Waals surface area contributed by atoms with Gasteiger partial charge in [0, 0.05) is 17.8 Å². The third-order valence-corrected chi connectivity index (χ3v) is 7.79. The maximum atomic E-state index is 13.9. The molecule has 2 aromatic carbocycles. The lowest BCUT2D eigenvalue weighted by molar-refractivity contribution is -0.141. The number of aryl methyl sites for hydroxylation is 2. The van der Waals surface area contributed by atoms with E-state index >= 15 is 0 Å².